The van der Waals surface area contributed by atoms with E-state index in [1.807, 2.05) is 43.3 Å². The number of hydrogen-bond donors (Lipinski definition) is 1. The van der Waals surface area contributed by atoms with Crippen LogP contribution in [0.4, 0.5) is 0 Å². The van der Waals surface area contributed by atoms with Gasteiger partial charge in [-0.15, -0.1) is 0 Å². The Morgan fingerprint density at radius 3 is 2.60 bits per heavy atom. The van der Waals surface area contributed by atoms with Crippen molar-refractivity contribution in [2.45, 2.75) is 13.0 Å². The van der Waals surface area contributed by atoms with E-state index in [2.05, 4.69) is 31.9 Å². The van der Waals surface area contributed by atoms with Crippen LogP contribution in [0.15, 0.2) is 45.3 Å². The zero-order chi connectivity index (χ0) is 14.7. The summed E-state index contributed by atoms with van der Waals surface area (Å²) in [7, 11) is 0. The van der Waals surface area contributed by atoms with Crippen molar-refractivity contribution in [3.8, 4) is 5.75 Å². The van der Waals surface area contributed by atoms with E-state index in [0.717, 1.165) is 25.8 Å². The van der Waals surface area contributed by atoms with E-state index in [4.69, 9.17) is 22.1 Å². The van der Waals surface area contributed by atoms with E-state index < -0.39 is 0 Å². The Hall–Kier alpha value is -0.550. The van der Waals surface area contributed by atoms with Crippen molar-refractivity contribution < 1.29 is 4.74 Å². The zero-order valence-electron chi connectivity index (χ0n) is 10.9. The maximum absolute atomic E-state index is 6.36. The molecule has 5 heteroatoms. The van der Waals surface area contributed by atoms with Crippen molar-refractivity contribution in [1.82, 2.24) is 0 Å². The molecule has 0 heterocycles. The number of nitrogens with two attached hydrogens (primary N) is 1. The molecule has 0 saturated carbocycles. The van der Waals surface area contributed by atoms with Crippen molar-refractivity contribution in [2.24, 2.45) is 5.73 Å². The smallest absolute Gasteiger partial charge is 0.124 e. The molecule has 1 atom stereocenters. The molecule has 2 rings (SSSR count). The fraction of sp³-hybridized carbons (Fsp3) is 0.200. The van der Waals surface area contributed by atoms with Gasteiger partial charge in [-0.25, -0.2) is 0 Å². The molecule has 0 fully saturated rings. The minimum Gasteiger partial charge on any atom is -0.494 e. The number of ether oxygens (including phenoxy) is 1. The fourth-order valence-corrected chi connectivity index (χ4v) is 2.75. The maximum atomic E-state index is 6.36. The highest BCUT2D eigenvalue weighted by Gasteiger charge is 2.16. The van der Waals surface area contributed by atoms with E-state index in [-0.39, 0.29) is 6.04 Å². The number of halogens is 3. The fourth-order valence-electron chi connectivity index (χ4n) is 1.93. The summed E-state index contributed by atoms with van der Waals surface area (Å²) in [5.41, 5.74) is 8.23. The maximum Gasteiger partial charge on any atom is 0.124 e. The van der Waals surface area contributed by atoms with Gasteiger partial charge in [0.2, 0.25) is 0 Å². The van der Waals surface area contributed by atoms with Gasteiger partial charge in [0, 0.05) is 14.5 Å². The average Bonchev–Trinajstić information content (AvgIpc) is 2.43. The molecule has 1 unspecified atom stereocenters. The molecule has 2 N–H and O–H groups in total. The third-order valence-corrected chi connectivity index (χ3v) is 4.64. The highest BCUT2D eigenvalue weighted by atomic mass is 79.9. The number of benzene rings is 2. The summed E-state index contributed by atoms with van der Waals surface area (Å²) in [6, 6.07) is 11.3. The monoisotopic (exact) mass is 417 g/mol. The van der Waals surface area contributed by atoms with Gasteiger partial charge in [0.05, 0.1) is 17.7 Å². The summed E-state index contributed by atoms with van der Waals surface area (Å²) in [6.07, 6.45) is 0. The van der Waals surface area contributed by atoms with Gasteiger partial charge in [0.25, 0.3) is 0 Å². The third-order valence-electron chi connectivity index (χ3n) is 2.91. The van der Waals surface area contributed by atoms with Crippen LogP contribution >= 0.6 is 43.5 Å². The average molecular weight is 420 g/mol. The van der Waals surface area contributed by atoms with Gasteiger partial charge in [-0.2, -0.15) is 0 Å². The van der Waals surface area contributed by atoms with Gasteiger partial charge in [-0.1, -0.05) is 33.6 Å². The van der Waals surface area contributed by atoms with Crippen molar-refractivity contribution in [2.75, 3.05) is 6.61 Å². The Labute approximate surface area is 140 Å². The first-order chi connectivity index (χ1) is 9.52. The van der Waals surface area contributed by atoms with E-state index >= 15 is 0 Å². The van der Waals surface area contributed by atoms with Gasteiger partial charge in [-0.3, -0.25) is 0 Å². The molecule has 0 radical (unpaired) electrons. The summed E-state index contributed by atoms with van der Waals surface area (Å²) in [5.74, 6) is 0.794. The predicted octanol–water partition coefficient (Wildman–Crippen LogP) is 5.31. The molecular formula is C15H14Br2ClNO. The Morgan fingerprint density at radius 1 is 1.20 bits per heavy atom. The predicted molar refractivity (Wildman–Crippen MR) is 90.5 cm³/mol. The van der Waals surface area contributed by atoms with Crippen LogP contribution in [0, 0.1) is 0 Å². The molecule has 0 aliphatic heterocycles. The van der Waals surface area contributed by atoms with Crippen LogP contribution in [0.25, 0.3) is 0 Å². The standard InChI is InChI=1S/C15H14Br2ClNO/c1-2-20-14-6-4-10(16)8-11(14)15(19)9-3-5-12(17)13(18)7-9/h3-8,15H,2,19H2,1H3. The SMILES string of the molecule is CCOc1ccc(Br)cc1C(N)c1ccc(Br)c(Cl)c1. The second-order valence-corrected chi connectivity index (χ2v) is 6.44. The van der Waals surface area contributed by atoms with Crippen molar-refractivity contribution >= 4 is 43.5 Å². The summed E-state index contributed by atoms with van der Waals surface area (Å²) in [4.78, 5) is 0. The summed E-state index contributed by atoms with van der Waals surface area (Å²) in [6.45, 7) is 2.55. The highest BCUT2D eigenvalue weighted by molar-refractivity contribution is 9.10. The van der Waals surface area contributed by atoms with Crippen molar-refractivity contribution in [3.63, 3.8) is 0 Å². The lowest BCUT2D eigenvalue weighted by Gasteiger charge is -2.18. The Kier molecular flexibility index (Phi) is 5.49. The summed E-state index contributed by atoms with van der Waals surface area (Å²) >= 11 is 13.0. The molecule has 2 aromatic carbocycles. The van der Waals surface area contributed by atoms with E-state index in [1.54, 1.807) is 0 Å². The molecule has 0 bridgehead atoms. The van der Waals surface area contributed by atoms with E-state index in [0.29, 0.717) is 11.6 Å². The topological polar surface area (TPSA) is 35.2 Å². The normalized spacial score (nSPS) is 12.2. The van der Waals surface area contributed by atoms with E-state index in [9.17, 15) is 0 Å². The number of hydrogen-bond acceptors (Lipinski definition) is 2. The first kappa shape index (κ1) is 15.8. The molecule has 2 aromatic rings. The van der Waals surface area contributed by atoms with Gasteiger partial charge in [0.15, 0.2) is 0 Å². The van der Waals surface area contributed by atoms with Crippen LogP contribution in [0.1, 0.15) is 24.1 Å². The van der Waals surface area contributed by atoms with Gasteiger partial charge < -0.3 is 10.5 Å². The van der Waals surface area contributed by atoms with Crippen LogP contribution in [0.5, 0.6) is 5.75 Å². The molecule has 0 saturated heterocycles. The molecule has 0 aliphatic carbocycles. The lowest BCUT2D eigenvalue weighted by atomic mass is 9.99. The van der Waals surface area contributed by atoms with E-state index in [1.165, 1.54) is 0 Å². The molecule has 0 spiro atoms. The summed E-state index contributed by atoms with van der Waals surface area (Å²) in [5, 5.41) is 0.644. The molecule has 0 aliphatic rings. The molecule has 106 valence electrons. The first-order valence-electron chi connectivity index (χ1n) is 6.15. The van der Waals surface area contributed by atoms with Crippen LogP contribution in [0.3, 0.4) is 0 Å². The highest BCUT2D eigenvalue weighted by Crippen LogP contribution is 2.33. The quantitative estimate of drug-likeness (QED) is 0.729. The lowest BCUT2D eigenvalue weighted by molar-refractivity contribution is 0.335. The van der Waals surface area contributed by atoms with Gasteiger partial charge in [-0.05, 0) is 58.7 Å². The Bertz CT molecular complexity index is 619. The van der Waals surface area contributed by atoms with Gasteiger partial charge in [0.1, 0.15) is 5.75 Å². The number of rotatable bonds is 4. The van der Waals surface area contributed by atoms with Crippen molar-refractivity contribution in [3.05, 3.63) is 61.5 Å². The van der Waals surface area contributed by atoms with Crippen LogP contribution < -0.4 is 10.5 Å². The van der Waals surface area contributed by atoms with Gasteiger partial charge >= 0.3 is 0 Å². The van der Waals surface area contributed by atoms with Crippen molar-refractivity contribution in [1.29, 1.82) is 0 Å². The largest absolute Gasteiger partial charge is 0.494 e. The molecule has 20 heavy (non-hydrogen) atoms. The second kappa shape index (κ2) is 6.94. The molecule has 0 aromatic heterocycles. The van der Waals surface area contributed by atoms with Crippen LogP contribution in [0.2, 0.25) is 5.02 Å². The van der Waals surface area contributed by atoms with Crippen LogP contribution in [-0.4, -0.2) is 6.61 Å². The Balaban J connectivity index is 2.43. The zero-order valence-corrected chi connectivity index (χ0v) is 14.8. The first-order valence-corrected chi connectivity index (χ1v) is 8.12. The van der Waals surface area contributed by atoms with Crippen LogP contribution in [-0.2, 0) is 0 Å². The minimum atomic E-state index is -0.292. The molecular weight excluding hydrogens is 405 g/mol. The second-order valence-electron chi connectivity index (χ2n) is 4.27. The summed E-state index contributed by atoms with van der Waals surface area (Å²) < 4.78 is 7.47. The molecule has 0 amide bonds. The lowest BCUT2D eigenvalue weighted by Crippen LogP contribution is -2.13. The minimum absolute atomic E-state index is 0.292. The Morgan fingerprint density at radius 2 is 1.95 bits per heavy atom. The third kappa shape index (κ3) is 3.55. The molecule has 2 nitrogen and oxygen atoms in total.